The third kappa shape index (κ3) is 1.37. The van der Waals surface area contributed by atoms with Crippen LogP contribution >= 0.6 is 11.8 Å². The van der Waals surface area contributed by atoms with Gasteiger partial charge in [-0.2, -0.15) is 0 Å². The number of hydrogen-bond acceptors (Lipinski definition) is 3. The van der Waals surface area contributed by atoms with Crippen LogP contribution in [0.4, 0.5) is 5.69 Å². The molecule has 2 fully saturated rings. The monoisotopic (exact) mass is 285 g/mol. The lowest BCUT2D eigenvalue weighted by atomic mass is 9.85. The first-order valence-corrected chi connectivity index (χ1v) is 7.81. The summed E-state index contributed by atoms with van der Waals surface area (Å²) in [4.78, 5) is 26.9. The number of thioether (sulfide) groups is 1. The molecule has 3 aliphatic heterocycles. The summed E-state index contributed by atoms with van der Waals surface area (Å²) in [7, 11) is 0. The lowest BCUT2D eigenvalue weighted by Gasteiger charge is -2.20. The lowest BCUT2D eigenvalue weighted by Crippen LogP contribution is -2.33. The molecule has 102 valence electrons. The third-order valence-electron chi connectivity index (χ3n) is 4.73. The average molecular weight is 285 g/mol. The van der Waals surface area contributed by atoms with Crippen LogP contribution in [0, 0.1) is 25.7 Å². The Hall–Kier alpha value is -1.55. The molecule has 1 aromatic carbocycles. The molecule has 2 amide bonds. The Bertz CT molecular complexity index is 636. The molecule has 20 heavy (non-hydrogen) atoms. The SMILES string of the molecule is Cc1cccc(N2C(=O)C3C4C=CC(S4)C3C2=O)c1C. The van der Waals surface area contributed by atoms with Crippen LogP contribution in [0.2, 0.25) is 0 Å². The van der Waals surface area contributed by atoms with Crippen LogP contribution in [0.5, 0.6) is 0 Å². The Kier molecular flexibility index (Phi) is 2.43. The maximum atomic E-state index is 12.7. The van der Waals surface area contributed by atoms with E-state index in [2.05, 4.69) is 12.2 Å². The van der Waals surface area contributed by atoms with Crippen LogP contribution in [0.25, 0.3) is 0 Å². The van der Waals surface area contributed by atoms with Crippen LogP contribution in [0.1, 0.15) is 11.1 Å². The number of amides is 2. The van der Waals surface area contributed by atoms with E-state index in [-0.39, 0.29) is 34.2 Å². The highest BCUT2D eigenvalue weighted by atomic mass is 32.2. The van der Waals surface area contributed by atoms with E-state index >= 15 is 0 Å². The summed E-state index contributed by atoms with van der Waals surface area (Å²) in [5.74, 6) is -0.332. The van der Waals surface area contributed by atoms with Gasteiger partial charge in [0.25, 0.3) is 0 Å². The molecule has 3 heterocycles. The van der Waals surface area contributed by atoms with Crippen molar-refractivity contribution in [3.63, 3.8) is 0 Å². The normalized spacial score (nSPS) is 34.2. The van der Waals surface area contributed by atoms with Gasteiger partial charge in [-0.25, -0.2) is 4.90 Å². The minimum Gasteiger partial charge on any atom is -0.274 e. The van der Waals surface area contributed by atoms with Crippen molar-refractivity contribution in [3.05, 3.63) is 41.5 Å². The predicted octanol–water partition coefficient (Wildman–Crippen LogP) is 2.46. The molecule has 1 aromatic rings. The number of nitrogens with zero attached hydrogens (tertiary/aromatic N) is 1. The quantitative estimate of drug-likeness (QED) is 0.587. The minimum atomic E-state index is -0.151. The van der Waals surface area contributed by atoms with E-state index in [0.717, 1.165) is 16.8 Å². The molecule has 2 bridgehead atoms. The van der Waals surface area contributed by atoms with Crippen LogP contribution in [0.3, 0.4) is 0 Å². The molecule has 0 saturated carbocycles. The minimum absolute atomic E-state index is 0.0157. The van der Waals surface area contributed by atoms with Gasteiger partial charge in [-0.05, 0) is 31.0 Å². The van der Waals surface area contributed by atoms with E-state index in [4.69, 9.17) is 0 Å². The van der Waals surface area contributed by atoms with Crippen LogP contribution < -0.4 is 4.90 Å². The van der Waals surface area contributed by atoms with Gasteiger partial charge in [-0.3, -0.25) is 9.59 Å². The molecular formula is C16H15NO2S. The maximum Gasteiger partial charge on any atom is 0.239 e. The fourth-order valence-corrected chi connectivity index (χ4v) is 5.15. The van der Waals surface area contributed by atoms with Crippen molar-refractivity contribution >= 4 is 29.3 Å². The third-order valence-corrected chi connectivity index (χ3v) is 6.26. The number of rotatable bonds is 1. The fraction of sp³-hybridized carbons (Fsp3) is 0.375. The largest absolute Gasteiger partial charge is 0.274 e. The summed E-state index contributed by atoms with van der Waals surface area (Å²) < 4.78 is 0. The predicted molar refractivity (Wildman–Crippen MR) is 79.7 cm³/mol. The van der Waals surface area contributed by atoms with Crippen molar-refractivity contribution in [2.75, 3.05) is 4.90 Å². The summed E-state index contributed by atoms with van der Waals surface area (Å²) in [5.41, 5.74) is 2.89. The highest BCUT2D eigenvalue weighted by Gasteiger charge is 2.60. The van der Waals surface area contributed by atoms with E-state index in [9.17, 15) is 9.59 Å². The van der Waals surface area contributed by atoms with Gasteiger partial charge in [0.1, 0.15) is 0 Å². The molecule has 0 radical (unpaired) electrons. The Morgan fingerprint density at radius 3 is 2.20 bits per heavy atom. The van der Waals surface area contributed by atoms with Gasteiger partial charge in [0.05, 0.1) is 17.5 Å². The van der Waals surface area contributed by atoms with Gasteiger partial charge in [-0.1, -0.05) is 24.3 Å². The number of aryl methyl sites for hydroxylation is 1. The molecule has 3 nitrogen and oxygen atoms in total. The van der Waals surface area contributed by atoms with Crippen molar-refractivity contribution < 1.29 is 9.59 Å². The summed E-state index contributed by atoms with van der Waals surface area (Å²) in [5, 5.41) is 0.383. The molecule has 0 spiro atoms. The molecule has 0 aromatic heterocycles. The number of benzene rings is 1. The zero-order chi connectivity index (χ0) is 14.0. The molecule has 0 aliphatic carbocycles. The molecule has 4 atom stereocenters. The molecule has 4 unspecified atom stereocenters. The van der Waals surface area contributed by atoms with Crippen molar-refractivity contribution in [3.8, 4) is 0 Å². The summed E-state index contributed by atoms with van der Waals surface area (Å²) in [6.07, 6.45) is 4.18. The average Bonchev–Trinajstić information content (AvgIpc) is 3.09. The molecule has 4 rings (SSSR count). The van der Waals surface area contributed by atoms with Gasteiger partial charge in [0.2, 0.25) is 11.8 Å². The molecule has 4 heteroatoms. The van der Waals surface area contributed by atoms with E-state index < -0.39 is 0 Å². The summed E-state index contributed by atoms with van der Waals surface area (Å²) in [6.45, 7) is 3.98. The number of hydrogen-bond donors (Lipinski definition) is 0. The lowest BCUT2D eigenvalue weighted by molar-refractivity contribution is -0.122. The number of anilines is 1. The molecule has 3 aliphatic rings. The Labute approximate surface area is 122 Å². The van der Waals surface area contributed by atoms with Gasteiger partial charge in [-0.15, -0.1) is 11.8 Å². The van der Waals surface area contributed by atoms with E-state index in [1.54, 1.807) is 11.8 Å². The summed E-state index contributed by atoms with van der Waals surface area (Å²) >= 11 is 1.76. The Morgan fingerprint density at radius 1 is 1.00 bits per heavy atom. The highest BCUT2D eigenvalue weighted by molar-refractivity contribution is 8.01. The van der Waals surface area contributed by atoms with Crippen molar-refractivity contribution in [1.29, 1.82) is 0 Å². The molecule has 2 saturated heterocycles. The van der Waals surface area contributed by atoms with Gasteiger partial charge >= 0.3 is 0 Å². The maximum absolute atomic E-state index is 12.7. The second kappa shape index (κ2) is 3.98. The van der Waals surface area contributed by atoms with Crippen molar-refractivity contribution in [2.45, 2.75) is 24.3 Å². The van der Waals surface area contributed by atoms with Gasteiger partial charge in [0, 0.05) is 10.5 Å². The van der Waals surface area contributed by atoms with Gasteiger partial charge in [0.15, 0.2) is 0 Å². The first-order chi connectivity index (χ1) is 9.59. The smallest absolute Gasteiger partial charge is 0.239 e. The van der Waals surface area contributed by atoms with Gasteiger partial charge < -0.3 is 0 Å². The number of carbonyl (C=O) groups excluding carboxylic acids is 2. The Morgan fingerprint density at radius 2 is 1.60 bits per heavy atom. The van der Waals surface area contributed by atoms with E-state index in [0.29, 0.717) is 0 Å². The topological polar surface area (TPSA) is 37.4 Å². The van der Waals surface area contributed by atoms with Crippen molar-refractivity contribution in [1.82, 2.24) is 0 Å². The standard InChI is InChI=1S/C16H15NO2S/c1-8-4-3-5-10(9(8)2)17-15(18)13-11-6-7-12(20-11)14(13)16(17)19/h3-7,11-14H,1-2H3. The summed E-state index contributed by atoms with van der Waals surface area (Å²) in [6, 6.07) is 5.79. The first-order valence-electron chi connectivity index (χ1n) is 6.87. The number of imide groups is 1. The van der Waals surface area contributed by atoms with Crippen molar-refractivity contribution in [2.24, 2.45) is 11.8 Å². The second-order valence-corrected chi connectivity index (χ2v) is 7.09. The fourth-order valence-electron chi connectivity index (χ4n) is 3.52. The van der Waals surface area contributed by atoms with E-state index in [1.807, 2.05) is 32.0 Å². The zero-order valence-corrected chi connectivity index (χ0v) is 12.2. The number of carbonyl (C=O) groups is 2. The van der Waals surface area contributed by atoms with Crippen LogP contribution in [-0.4, -0.2) is 22.3 Å². The molecule has 0 N–H and O–H groups in total. The molecular weight excluding hydrogens is 270 g/mol. The first kappa shape index (κ1) is 12.2. The Balaban J connectivity index is 1.80. The number of fused-ring (bicyclic) bond motifs is 5. The second-order valence-electron chi connectivity index (χ2n) is 5.73. The van der Waals surface area contributed by atoms with Crippen LogP contribution in [0.15, 0.2) is 30.4 Å². The van der Waals surface area contributed by atoms with E-state index in [1.165, 1.54) is 4.90 Å². The van der Waals surface area contributed by atoms with Crippen LogP contribution in [-0.2, 0) is 9.59 Å². The highest BCUT2D eigenvalue weighted by Crippen LogP contribution is 2.53. The zero-order valence-electron chi connectivity index (χ0n) is 11.4.